The molecule has 26 heavy (non-hydrogen) atoms. The van der Waals surface area contributed by atoms with E-state index in [2.05, 4.69) is 57.9 Å². The lowest BCUT2D eigenvalue weighted by Crippen LogP contribution is -2.38. The first-order valence-corrected chi connectivity index (χ1v) is 9.63. The number of fused-ring (bicyclic) bond motifs is 1. The molecule has 0 bridgehead atoms. The van der Waals surface area contributed by atoms with Crippen molar-refractivity contribution < 1.29 is 9.47 Å². The minimum atomic E-state index is 0.279. The van der Waals surface area contributed by atoms with Crippen LogP contribution < -0.4 is 10.6 Å². The number of benzene rings is 1. The van der Waals surface area contributed by atoms with Crippen molar-refractivity contribution in [3.8, 4) is 0 Å². The van der Waals surface area contributed by atoms with Crippen molar-refractivity contribution in [1.29, 1.82) is 0 Å². The lowest BCUT2D eigenvalue weighted by Gasteiger charge is -2.11. The van der Waals surface area contributed by atoms with E-state index in [1.165, 1.54) is 16.6 Å². The number of nitrogens with zero attached hydrogens (tertiary/aromatic N) is 1. The van der Waals surface area contributed by atoms with Crippen molar-refractivity contribution >= 4 is 16.9 Å². The Morgan fingerprint density at radius 3 is 3.08 bits per heavy atom. The fourth-order valence-electron chi connectivity index (χ4n) is 3.08. The van der Waals surface area contributed by atoms with Crippen molar-refractivity contribution in [2.24, 2.45) is 4.99 Å². The van der Waals surface area contributed by atoms with Crippen LogP contribution in [0.5, 0.6) is 0 Å². The van der Waals surface area contributed by atoms with E-state index in [0.29, 0.717) is 0 Å². The number of guanidine groups is 1. The van der Waals surface area contributed by atoms with Crippen LogP contribution in [0, 0.1) is 0 Å². The molecule has 1 aromatic carbocycles. The Morgan fingerprint density at radius 2 is 2.27 bits per heavy atom. The Morgan fingerprint density at radius 1 is 1.35 bits per heavy atom. The van der Waals surface area contributed by atoms with Crippen LogP contribution in [0.3, 0.4) is 0 Å². The van der Waals surface area contributed by atoms with Crippen molar-refractivity contribution in [3.63, 3.8) is 0 Å². The molecule has 6 heteroatoms. The SMILES string of the molecule is CCNC(=NCCCOC1CCOC1)NCCc1cc2ccccc2[nH]1. The summed E-state index contributed by atoms with van der Waals surface area (Å²) < 4.78 is 11.1. The predicted molar refractivity (Wildman–Crippen MR) is 106 cm³/mol. The molecule has 0 radical (unpaired) electrons. The highest BCUT2D eigenvalue weighted by atomic mass is 16.5. The van der Waals surface area contributed by atoms with Crippen LogP contribution in [0.25, 0.3) is 10.9 Å². The average molecular weight is 358 g/mol. The third kappa shape index (κ3) is 5.75. The molecular weight excluding hydrogens is 328 g/mol. The minimum absolute atomic E-state index is 0.279. The maximum absolute atomic E-state index is 5.77. The molecule has 0 amide bonds. The molecular formula is C20H30N4O2. The molecule has 142 valence electrons. The second-order valence-corrected chi connectivity index (χ2v) is 6.53. The second kappa shape index (κ2) is 10.2. The van der Waals surface area contributed by atoms with Crippen LogP contribution in [0.4, 0.5) is 0 Å². The summed E-state index contributed by atoms with van der Waals surface area (Å²) in [4.78, 5) is 8.09. The predicted octanol–water partition coefficient (Wildman–Crippen LogP) is 2.46. The molecule has 0 spiro atoms. The molecule has 0 saturated carbocycles. The maximum atomic E-state index is 5.77. The number of hydrogen-bond donors (Lipinski definition) is 3. The van der Waals surface area contributed by atoms with Crippen LogP contribution in [0.2, 0.25) is 0 Å². The number of aromatic nitrogens is 1. The molecule has 6 nitrogen and oxygen atoms in total. The molecule has 3 N–H and O–H groups in total. The number of aromatic amines is 1. The Labute approximate surface area is 155 Å². The van der Waals surface area contributed by atoms with Crippen LogP contribution in [0.1, 0.15) is 25.5 Å². The molecule has 1 aliphatic rings. The van der Waals surface area contributed by atoms with Crippen LogP contribution in [-0.4, -0.2) is 56.5 Å². The van der Waals surface area contributed by atoms with E-state index in [0.717, 1.165) is 64.7 Å². The first-order chi connectivity index (χ1) is 12.8. The second-order valence-electron chi connectivity index (χ2n) is 6.53. The van der Waals surface area contributed by atoms with Crippen LogP contribution >= 0.6 is 0 Å². The number of hydrogen-bond acceptors (Lipinski definition) is 3. The van der Waals surface area contributed by atoms with Crippen LogP contribution in [0.15, 0.2) is 35.3 Å². The van der Waals surface area contributed by atoms with Crippen molar-refractivity contribution in [2.45, 2.75) is 32.3 Å². The van der Waals surface area contributed by atoms with Gasteiger partial charge in [0, 0.05) is 50.5 Å². The molecule has 1 fully saturated rings. The minimum Gasteiger partial charge on any atom is -0.379 e. The highest BCUT2D eigenvalue weighted by molar-refractivity contribution is 5.81. The monoisotopic (exact) mass is 358 g/mol. The summed E-state index contributed by atoms with van der Waals surface area (Å²) in [6, 6.07) is 10.6. The van der Waals surface area contributed by atoms with E-state index in [1.54, 1.807) is 0 Å². The average Bonchev–Trinajstić information content (AvgIpc) is 3.30. The zero-order valence-electron chi connectivity index (χ0n) is 15.6. The van der Waals surface area contributed by atoms with Crippen molar-refractivity contribution in [3.05, 3.63) is 36.0 Å². The number of aliphatic imine (C=N–C) groups is 1. The quantitative estimate of drug-likeness (QED) is 0.366. The zero-order chi connectivity index (χ0) is 18.0. The summed E-state index contributed by atoms with van der Waals surface area (Å²) in [5, 5.41) is 7.96. The topological polar surface area (TPSA) is 70.7 Å². The van der Waals surface area contributed by atoms with E-state index in [1.807, 2.05) is 0 Å². The van der Waals surface area contributed by atoms with Gasteiger partial charge >= 0.3 is 0 Å². The van der Waals surface area contributed by atoms with Crippen LogP contribution in [-0.2, 0) is 15.9 Å². The van der Waals surface area contributed by atoms with Gasteiger partial charge in [0.1, 0.15) is 0 Å². The summed E-state index contributed by atoms with van der Waals surface area (Å²) in [6.45, 7) is 6.84. The number of H-pyrrole nitrogens is 1. The molecule has 1 aliphatic heterocycles. The number of rotatable bonds is 9. The fourth-order valence-corrected chi connectivity index (χ4v) is 3.08. The number of para-hydroxylation sites is 1. The van der Waals surface area contributed by atoms with E-state index in [9.17, 15) is 0 Å². The Balaban J connectivity index is 1.37. The summed E-state index contributed by atoms with van der Waals surface area (Å²) in [5.74, 6) is 0.868. The smallest absolute Gasteiger partial charge is 0.191 e. The van der Waals surface area contributed by atoms with E-state index in [4.69, 9.17) is 9.47 Å². The third-order valence-corrected chi connectivity index (χ3v) is 4.43. The highest BCUT2D eigenvalue weighted by Gasteiger charge is 2.15. The Hall–Kier alpha value is -2.05. The first kappa shape index (κ1) is 18.7. The molecule has 2 heterocycles. The normalized spacial score (nSPS) is 17.7. The fraction of sp³-hybridized carbons (Fsp3) is 0.550. The van der Waals surface area contributed by atoms with Gasteiger partial charge in [-0.2, -0.15) is 0 Å². The summed E-state index contributed by atoms with van der Waals surface area (Å²) >= 11 is 0. The molecule has 1 unspecified atom stereocenters. The number of ether oxygens (including phenoxy) is 2. The largest absolute Gasteiger partial charge is 0.379 e. The summed E-state index contributed by atoms with van der Waals surface area (Å²) in [6.07, 6.45) is 3.15. The zero-order valence-corrected chi connectivity index (χ0v) is 15.6. The molecule has 2 aromatic rings. The van der Waals surface area contributed by atoms with Crippen molar-refractivity contribution in [1.82, 2.24) is 15.6 Å². The van der Waals surface area contributed by atoms with E-state index < -0.39 is 0 Å². The van der Waals surface area contributed by atoms with Gasteiger partial charge in [-0.25, -0.2) is 0 Å². The molecule has 1 saturated heterocycles. The van der Waals surface area contributed by atoms with Gasteiger partial charge in [-0.3, -0.25) is 4.99 Å². The van der Waals surface area contributed by atoms with Gasteiger partial charge < -0.3 is 25.1 Å². The van der Waals surface area contributed by atoms with Gasteiger partial charge in [-0.1, -0.05) is 18.2 Å². The highest BCUT2D eigenvalue weighted by Crippen LogP contribution is 2.14. The van der Waals surface area contributed by atoms with E-state index in [-0.39, 0.29) is 6.10 Å². The maximum Gasteiger partial charge on any atom is 0.191 e. The van der Waals surface area contributed by atoms with Gasteiger partial charge in [-0.15, -0.1) is 0 Å². The third-order valence-electron chi connectivity index (χ3n) is 4.43. The first-order valence-electron chi connectivity index (χ1n) is 9.63. The molecule has 3 rings (SSSR count). The molecule has 0 aliphatic carbocycles. The van der Waals surface area contributed by atoms with Gasteiger partial charge in [0.25, 0.3) is 0 Å². The van der Waals surface area contributed by atoms with Gasteiger partial charge in [0.05, 0.1) is 12.7 Å². The summed E-state index contributed by atoms with van der Waals surface area (Å²) in [5.41, 5.74) is 2.43. The standard InChI is InChI=1S/C20H30N4O2/c1-2-21-20(22-10-5-12-26-18-9-13-25-15-18)23-11-8-17-14-16-6-3-4-7-19(16)24-17/h3-4,6-7,14,18,24H,2,5,8-13,15H2,1H3,(H2,21,22,23). The molecule has 1 aromatic heterocycles. The Bertz CT molecular complexity index is 659. The van der Waals surface area contributed by atoms with E-state index >= 15 is 0 Å². The Kier molecular flexibility index (Phi) is 7.34. The van der Waals surface area contributed by atoms with Gasteiger partial charge in [0.15, 0.2) is 5.96 Å². The summed E-state index contributed by atoms with van der Waals surface area (Å²) in [7, 11) is 0. The van der Waals surface area contributed by atoms with Gasteiger partial charge in [0.2, 0.25) is 0 Å². The lowest BCUT2D eigenvalue weighted by molar-refractivity contribution is 0.0424. The number of nitrogens with one attached hydrogen (secondary N) is 3. The molecule has 1 atom stereocenters. The van der Waals surface area contributed by atoms with Gasteiger partial charge in [-0.05, 0) is 37.3 Å². The van der Waals surface area contributed by atoms with Crippen molar-refractivity contribution in [2.75, 3.05) is 39.5 Å². The lowest BCUT2D eigenvalue weighted by atomic mass is 10.2.